The number of rotatable bonds is 5. The van der Waals surface area contributed by atoms with Gasteiger partial charge in [-0.1, -0.05) is 12.5 Å². The third-order valence-corrected chi connectivity index (χ3v) is 3.40. The number of ether oxygens (including phenoxy) is 1. The Labute approximate surface area is 98.4 Å². The molecule has 2 nitrogen and oxygen atoms in total. The number of hydrogen-bond acceptors (Lipinski definition) is 2. The SMILES string of the molecule is C=C(C)CCC[C@]1(C)CCC(OC)=CC1=O. The first kappa shape index (κ1) is 13.0. The van der Waals surface area contributed by atoms with Crippen molar-refractivity contribution in [2.75, 3.05) is 7.11 Å². The molecule has 2 heteroatoms. The zero-order chi connectivity index (χ0) is 12.2. The summed E-state index contributed by atoms with van der Waals surface area (Å²) in [6, 6.07) is 0. The van der Waals surface area contributed by atoms with Crippen molar-refractivity contribution in [3.63, 3.8) is 0 Å². The van der Waals surface area contributed by atoms with Gasteiger partial charge in [-0.2, -0.15) is 0 Å². The van der Waals surface area contributed by atoms with Crippen LogP contribution in [-0.2, 0) is 9.53 Å². The van der Waals surface area contributed by atoms with E-state index >= 15 is 0 Å². The zero-order valence-electron chi connectivity index (χ0n) is 10.6. The monoisotopic (exact) mass is 222 g/mol. The summed E-state index contributed by atoms with van der Waals surface area (Å²) in [5, 5.41) is 0. The maximum Gasteiger partial charge on any atom is 0.164 e. The second-order valence-electron chi connectivity index (χ2n) is 5.05. The van der Waals surface area contributed by atoms with Gasteiger partial charge in [-0.05, 0) is 32.6 Å². The predicted molar refractivity (Wildman–Crippen MR) is 66.1 cm³/mol. The molecule has 0 spiro atoms. The molecule has 0 aromatic carbocycles. The lowest BCUT2D eigenvalue weighted by Crippen LogP contribution is -2.30. The largest absolute Gasteiger partial charge is 0.501 e. The molecule has 1 aliphatic carbocycles. The van der Waals surface area contributed by atoms with Crippen LogP contribution in [-0.4, -0.2) is 12.9 Å². The lowest BCUT2D eigenvalue weighted by Gasteiger charge is -2.30. The summed E-state index contributed by atoms with van der Waals surface area (Å²) in [5.41, 5.74) is 1.01. The smallest absolute Gasteiger partial charge is 0.164 e. The first-order valence-corrected chi connectivity index (χ1v) is 5.91. The molecule has 0 aliphatic heterocycles. The van der Waals surface area contributed by atoms with Crippen molar-refractivity contribution in [3.05, 3.63) is 24.0 Å². The Kier molecular flexibility index (Phi) is 4.34. The second kappa shape index (κ2) is 5.33. The summed E-state index contributed by atoms with van der Waals surface area (Å²) in [7, 11) is 1.63. The first-order chi connectivity index (χ1) is 7.48. The minimum absolute atomic E-state index is 0.183. The van der Waals surface area contributed by atoms with Crippen LogP contribution < -0.4 is 0 Å². The number of carbonyl (C=O) groups is 1. The standard InChI is InChI=1S/C14H22O2/c1-11(2)6-5-8-14(3)9-7-12(16-4)10-13(14)15/h10H,1,5-9H2,2-4H3/t14-/m1/s1. The van der Waals surface area contributed by atoms with E-state index < -0.39 is 0 Å². The van der Waals surface area contributed by atoms with Gasteiger partial charge in [0.15, 0.2) is 5.78 Å². The Hall–Kier alpha value is -1.05. The average molecular weight is 222 g/mol. The number of carbonyl (C=O) groups excluding carboxylic acids is 1. The van der Waals surface area contributed by atoms with E-state index in [0.29, 0.717) is 0 Å². The second-order valence-corrected chi connectivity index (χ2v) is 5.05. The van der Waals surface area contributed by atoms with Gasteiger partial charge >= 0.3 is 0 Å². The molecule has 0 unspecified atom stereocenters. The predicted octanol–water partition coefficient (Wildman–Crippen LogP) is 3.63. The minimum atomic E-state index is -0.183. The lowest BCUT2D eigenvalue weighted by atomic mass is 9.73. The van der Waals surface area contributed by atoms with Gasteiger partial charge in [-0.3, -0.25) is 4.79 Å². The van der Waals surface area contributed by atoms with Gasteiger partial charge in [0.25, 0.3) is 0 Å². The molecule has 90 valence electrons. The third kappa shape index (κ3) is 3.22. The summed E-state index contributed by atoms with van der Waals surface area (Å²) in [4.78, 5) is 12.0. The molecule has 16 heavy (non-hydrogen) atoms. The molecule has 0 aromatic rings. The molecular weight excluding hydrogens is 200 g/mol. The van der Waals surface area contributed by atoms with Crippen LogP contribution in [0.5, 0.6) is 0 Å². The van der Waals surface area contributed by atoms with Gasteiger partial charge in [0, 0.05) is 17.9 Å². The van der Waals surface area contributed by atoms with Crippen molar-refractivity contribution in [1.29, 1.82) is 0 Å². The van der Waals surface area contributed by atoms with E-state index in [1.54, 1.807) is 13.2 Å². The Morgan fingerprint density at radius 2 is 2.31 bits per heavy atom. The van der Waals surface area contributed by atoms with E-state index in [2.05, 4.69) is 13.5 Å². The molecule has 1 atom stereocenters. The highest BCUT2D eigenvalue weighted by molar-refractivity contribution is 5.95. The van der Waals surface area contributed by atoms with Crippen molar-refractivity contribution in [2.24, 2.45) is 5.41 Å². The molecule has 0 N–H and O–H groups in total. The highest BCUT2D eigenvalue weighted by atomic mass is 16.5. The van der Waals surface area contributed by atoms with Crippen molar-refractivity contribution in [1.82, 2.24) is 0 Å². The molecule has 0 heterocycles. The van der Waals surface area contributed by atoms with E-state index in [-0.39, 0.29) is 11.2 Å². The summed E-state index contributed by atoms with van der Waals surface area (Å²) in [6.45, 7) is 7.99. The molecule has 0 saturated heterocycles. The van der Waals surface area contributed by atoms with Gasteiger partial charge in [0.05, 0.1) is 12.9 Å². The summed E-state index contributed by atoms with van der Waals surface area (Å²) in [6.07, 6.45) is 6.47. The Morgan fingerprint density at radius 1 is 1.62 bits per heavy atom. The topological polar surface area (TPSA) is 26.3 Å². The fourth-order valence-electron chi connectivity index (χ4n) is 2.10. The summed E-state index contributed by atoms with van der Waals surface area (Å²) in [5.74, 6) is 1.04. The zero-order valence-corrected chi connectivity index (χ0v) is 10.6. The van der Waals surface area contributed by atoms with Gasteiger partial charge in [-0.15, -0.1) is 6.58 Å². The number of hydrogen-bond donors (Lipinski definition) is 0. The normalized spacial score (nSPS) is 25.2. The molecule has 1 aliphatic rings. The van der Waals surface area contributed by atoms with Crippen LogP contribution in [0, 0.1) is 5.41 Å². The third-order valence-electron chi connectivity index (χ3n) is 3.40. The van der Waals surface area contributed by atoms with Crippen LogP contribution in [0.1, 0.15) is 46.0 Å². The van der Waals surface area contributed by atoms with E-state index in [4.69, 9.17) is 4.74 Å². The van der Waals surface area contributed by atoms with Gasteiger partial charge in [0.1, 0.15) is 0 Å². The molecule has 0 aromatic heterocycles. The van der Waals surface area contributed by atoms with Gasteiger partial charge in [-0.25, -0.2) is 0 Å². The van der Waals surface area contributed by atoms with Crippen LogP contribution in [0.3, 0.4) is 0 Å². The Morgan fingerprint density at radius 3 is 2.81 bits per heavy atom. The quantitative estimate of drug-likeness (QED) is 0.664. The fourth-order valence-corrected chi connectivity index (χ4v) is 2.10. The highest BCUT2D eigenvalue weighted by Gasteiger charge is 2.34. The Bertz CT molecular complexity index is 315. The van der Waals surface area contributed by atoms with Crippen LogP contribution in [0.15, 0.2) is 24.0 Å². The molecule has 0 saturated carbocycles. The summed E-state index contributed by atoms with van der Waals surface area (Å²) >= 11 is 0. The van der Waals surface area contributed by atoms with E-state index in [1.165, 1.54) is 5.57 Å². The molecular formula is C14H22O2. The maximum atomic E-state index is 12.0. The van der Waals surface area contributed by atoms with Crippen LogP contribution in [0.25, 0.3) is 0 Å². The van der Waals surface area contributed by atoms with E-state index in [1.807, 2.05) is 6.92 Å². The number of ketones is 1. The fraction of sp³-hybridized carbons (Fsp3) is 0.643. The number of methoxy groups -OCH3 is 1. The number of allylic oxidation sites excluding steroid dienone is 3. The summed E-state index contributed by atoms with van der Waals surface area (Å²) < 4.78 is 5.12. The molecule has 0 radical (unpaired) electrons. The first-order valence-electron chi connectivity index (χ1n) is 5.91. The molecule has 0 fully saturated rings. The molecule has 0 amide bonds. The average Bonchev–Trinajstić information content (AvgIpc) is 2.22. The van der Waals surface area contributed by atoms with Gasteiger partial charge < -0.3 is 4.74 Å². The Balaban J connectivity index is 2.55. The molecule has 1 rings (SSSR count). The van der Waals surface area contributed by atoms with Crippen LogP contribution in [0.2, 0.25) is 0 Å². The van der Waals surface area contributed by atoms with E-state index in [0.717, 1.165) is 37.9 Å². The van der Waals surface area contributed by atoms with Crippen LogP contribution >= 0.6 is 0 Å². The van der Waals surface area contributed by atoms with Gasteiger partial charge in [0.2, 0.25) is 0 Å². The molecule has 0 bridgehead atoms. The minimum Gasteiger partial charge on any atom is -0.501 e. The van der Waals surface area contributed by atoms with Crippen LogP contribution in [0.4, 0.5) is 0 Å². The van der Waals surface area contributed by atoms with E-state index in [9.17, 15) is 4.79 Å². The van der Waals surface area contributed by atoms with Crippen molar-refractivity contribution >= 4 is 5.78 Å². The maximum absolute atomic E-state index is 12.0. The highest BCUT2D eigenvalue weighted by Crippen LogP contribution is 2.37. The van der Waals surface area contributed by atoms with Crippen molar-refractivity contribution in [2.45, 2.75) is 46.0 Å². The lowest BCUT2D eigenvalue weighted by molar-refractivity contribution is -0.124. The van der Waals surface area contributed by atoms with Crippen molar-refractivity contribution < 1.29 is 9.53 Å². The van der Waals surface area contributed by atoms with Crippen molar-refractivity contribution in [3.8, 4) is 0 Å².